The van der Waals surface area contributed by atoms with E-state index in [0.717, 1.165) is 0 Å². The fraction of sp³-hybridized carbons (Fsp3) is 0.143. The van der Waals surface area contributed by atoms with Crippen LogP contribution < -0.4 is 4.74 Å². The van der Waals surface area contributed by atoms with Gasteiger partial charge in [0.2, 0.25) is 0 Å². The number of aliphatic hydroxyl groups excluding tert-OH is 1. The van der Waals surface area contributed by atoms with Gasteiger partial charge in [-0.3, -0.25) is 0 Å². The van der Waals surface area contributed by atoms with Crippen molar-refractivity contribution in [1.29, 1.82) is 0 Å². The standard InChI is InChI=1S/C14H12BrFO2/c1-18-10-5-2-4-9(8-10)14(17)11-6-3-7-12(16)13(11)15/h2-8,14,17H,1H3. The number of rotatable bonds is 3. The van der Waals surface area contributed by atoms with Gasteiger partial charge in [0.15, 0.2) is 0 Å². The lowest BCUT2D eigenvalue weighted by molar-refractivity contribution is 0.218. The fourth-order valence-electron chi connectivity index (χ4n) is 1.72. The van der Waals surface area contributed by atoms with Gasteiger partial charge in [-0.1, -0.05) is 24.3 Å². The van der Waals surface area contributed by atoms with Crippen LogP contribution in [-0.4, -0.2) is 12.2 Å². The second-order valence-electron chi connectivity index (χ2n) is 3.82. The minimum absolute atomic E-state index is 0.278. The zero-order valence-corrected chi connectivity index (χ0v) is 11.3. The molecule has 0 radical (unpaired) electrons. The number of hydrogen-bond donors (Lipinski definition) is 1. The van der Waals surface area contributed by atoms with Crippen LogP contribution in [0, 0.1) is 5.82 Å². The van der Waals surface area contributed by atoms with E-state index in [1.165, 1.54) is 6.07 Å². The minimum atomic E-state index is -0.898. The predicted octanol–water partition coefficient (Wildman–Crippen LogP) is 3.68. The predicted molar refractivity (Wildman–Crippen MR) is 71.2 cm³/mol. The highest BCUT2D eigenvalue weighted by atomic mass is 79.9. The van der Waals surface area contributed by atoms with Crippen molar-refractivity contribution >= 4 is 15.9 Å². The summed E-state index contributed by atoms with van der Waals surface area (Å²) >= 11 is 3.15. The highest BCUT2D eigenvalue weighted by Crippen LogP contribution is 2.31. The summed E-state index contributed by atoms with van der Waals surface area (Å²) in [6, 6.07) is 11.6. The third-order valence-corrected chi connectivity index (χ3v) is 3.52. The van der Waals surface area contributed by atoms with Gasteiger partial charge in [-0.15, -0.1) is 0 Å². The Balaban J connectivity index is 2.41. The maximum Gasteiger partial charge on any atom is 0.137 e. The van der Waals surface area contributed by atoms with E-state index in [-0.39, 0.29) is 4.47 Å². The van der Waals surface area contributed by atoms with E-state index in [1.807, 2.05) is 0 Å². The average Bonchev–Trinajstić information content (AvgIpc) is 2.41. The van der Waals surface area contributed by atoms with Crippen molar-refractivity contribution in [2.24, 2.45) is 0 Å². The Kier molecular flexibility index (Phi) is 3.99. The van der Waals surface area contributed by atoms with Gasteiger partial charge in [0.1, 0.15) is 17.7 Å². The van der Waals surface area contributed by atoms with Crippen LogP contribution in [0.2, 0.25) is 0 Å². The first-order valence-corrected chi connectivity index (χ1v) is 6.18. The lowest BCUT2D eigenvalue weighted by atomic mass is 10.0. The zero-order chi connectivity index (χ0) is 13.1. The van der Waals surface area contributed by atoms with Crippen molar-refractivity contribution in [3.8, 4) is 5.75 Å². The Morgan fingerprint density at radius 1 is 1.22 bits per heavy atom. The summed E-state index contributed by atoms with van der Waals surface area (Å²) in [5, 5.41) is 10.3. The molecule has 0 heterocycles. The molecule has 0 saturated carbocycles. The number of methoxy groups -OCH3 is 1. The average molecular weight is 311 g/mol. The molecule has 0 saturated heterocycles. The lowest BCUT2D eigenvalue weighted by Gasteiger charge is -2.14. The summed E-state index contributed by atoms with van der Waals surface area (Å²) in [4.78, 5) is 0. The lowest BCUT2D eigenvalue weighted by Crippen LogP contribution is -2.02. The van der Waals surface area contributed by atoms with Gasteiger partial charge < -0.3 is 9.84 Å². The third-order valence-electron chi connectivity index (χ3n) is 2.69. The molecule has 1 unspecified atom stereocenters. The molecule has 0 bridgehead atoms. The highest BCUT2D eigenvalue weighted by molar-refractivity contribution is 9.10. The first-order chi connectivity index (χ1) is 8.63. The summed E-state index contributed by atoms with van der Waals surface area (Å²) in [7, 11) is 1.56. The molecule has 0 spiro atoms. The van der Waals surface area contributed by atoms with Crippen LogP contribution in [0.1, 0.15) is 17.2 Å². The summed E-state index contributed by atoms with van der Waals surface area (Å²) in [5.74, 6) is 0.258. The molecular formula is C14H12BrFO2. The van der Waals surface area contributed by atoms with E-state index >= 15 is 0 Å². The summed E-state index contributed by atoms with van der Waals surface area (Å²) in [6.07, 6.45) is -0.898. The molecule has 0 aliphatic carbocycles. The van der Waals surface area contributed by atoms with Crippen molar-refractivity contribution in [3.05, 3.63) is 63.9 Å². The third kappa shape index (κ3) is 2.54. The quantitative estimate of drug-likeness (QED) is 0.937. The number of hydrogen-bond acceptors (Lipinski definition) is 2. The molecule has 4 heteroatoms. The van der Waals surface area contributed by atoms with Crippen LogP contribution >= 0.6 is 15.9 Å². The van der Waals surface area contributed by atoms with Crippen molar-refractivity contribution in [2.75, 3.05) is 7.11 Å². The first-order valence-electron chi connectivity index (χ1n) is 5.39. The Labute approximate surface area is 113 Å². The molecule has 0 aliphatic rings. The van der Waals surface area contributed by atoms with Crippen LogP contribution in [0.3, 0.4) is 0 Å². The van der Waals surface area contributed by atoms with Crippen molar-refractivity contribution in [3.63, 3.8) is 0 Å². The number of benzene rings is 2. The zero-order valence-electron chi connectivity index (χ0n) is 9.73. The molecule has 18 heavy (non-hydrogen) atoms. The Bertz CT molecular complexity index is 557. The van der Waals surface area contributed by atoms with Gasteiger partial charge in [0.25, 0.3) is 0 Å². The second-order valence-corrected chi connectivity index (χ2v) is 4.62. The molecule has 2 rings (SSSR count). The van der Waals surface area contributed by atoms with E-state index in [9.17, 15) is 9.50 Å². The molecule has 2 nitrogen and oxygen atoms in total. The smallest absolute Gasteiger partial charge is 0.137 e. The molecule has 0 fully saturated rings. The topological polar surface area (TPSA) is 29.5 Å². The molecule has 1 N–H and O–H groups in total. The van der Waals surface area contributed by atoms with E-state index < -0.39 is 11.9 Å². The Morgan fingerprint density at radius 3 is 2.67 bits per heavy atom. The number of ether oxygens (including phenoxy) is 1. The molecular weight excluding hydrogens is 299 g/mol. The van der Waals surface area contributed by atoms with E-state index in [0.29, 0.717) is 16.9 Å². The van der Waals surface area contributed by atoms with Crippen molar-refractivity contribution < 1.29 is 14.2 Å². The number of halogens is 2. The highest BCUT2D eigenvalue weighted by Gasteiger charge is 2.16. The molecule has 2 aromatic rings. The van der Waals surface area contributed by atoms with Gasteiger partial charge >= 0.3 is 0 Å². The summed E-state index contributed by atoms with van der Waals surface area (Å²) in [6.45, 7) is 0. The molecule has 2 aromatic carbocycles. The monoisotopic (exact) mass is 310 g/mol. The SMILES string of the molecule is COc1cccc(C(O)c2cccc(F)c2Br)c1. The van der Waals surface area contributed by atoms with Crippen LogP contribution in [0.4, 0.5) is 4.39 Å². The molecule has 94 valence electrons. The normalized spacial score (nSPS) is 12.2. The van der Waals surface area contributed by atoms with Crippen molar-refractivity contribution in [2.45, 2.75) is 6.10 Å². The maximum atomic E-state index is 13.4. The second kappa shape index (κ2) is 5.50. The fourth-order valence-corrected chi connectivity index (χ4v) is 2.20. The molecule has 0 aromatic heterocycles. The molecule has 0 aliphatic heterocycles. The van der Waals surface area contributed by atoms with E-state index in [4.69, 9.17) is 4.74 Å². The van der Waals surface area contributed by atoms with Crippen LogP contribution in [0.5, 0.6) is 5.75 Å². The largest absolute Gasteiger partial charge is 0.497 e. The molecule has 0 amide bonds. The first kappa shape index (κ1) is 13.1. The molecule has 1 atom stereocenters. The van der Waals surface area contributed by atoms with Gasteiger partial charge in [-0.05, 0) is 39.7 Å². The van der Waals surface area contributed by atoms with Gasteiger partial charge in [0, 0.05) is 5.56 Å². The van der Waals surface area contributed by atoms with Crippen molar-refractivity contribution in [1.82, 2.24) is 0 Å². The maximum absolute atomic E-state index is 13.4. The summed E-state index contributed by atoms with van der Waals surface area (Å²) in [5.41, 5.74) is 1.14. The van der Waals surface area contributed by atoms with Crippen LogP contribution in [0.25, 0.3) is 0 Å². The van der Waals surface area contributed by atoms with Crippen LogP contribution in [0.15, 0.2) is 46.9 Å². The van der Waals surface area contributed by atoms with Gasteiger partial charge in [-0.2, -0.15) is 0 Å². The number of aliphatic hydroxyl groups is 1. The Hall–Kier alpha value is -1.39. The van der Waals surface area contributed by atoms with Crippen LogP contribution in [-0.2, 0) is 0 Å². The van der Waals surface area contributed by atoms with Gasteiger partial charge in [-0.25, -0.2) is 4.39 Å². The van der Waals surface area contributed by atoms with E-state index in [2.05, 4.69) is 15.9 Å². The summed E-state index contributed by atoms with van der Waals surface area (Å²) < 4.78 is 18.8. The van der Waals surface area contributed by atoms with Gasteiger partial charge in [0.05, 0.1) is 11.6 Å². The van der Waals surface area contributed by atoms with E-state index in [1.54, 1.807) is 43.5 Å². The Morgan fingerprint density at radius 2 is 1.94 bits per heavy atom. The minimum Gasteiger partial charge on any atom is -0.497 e.